The summed E-state index contributed by atoms with van der Waals surface area (Å²) in [5.74, 6) is 1.21. The lowest BCUT2D eigenvalue weighted by Gasteiger charge is -2.30. The lowest BCUT2D eigenvalue weighted by Crippen LogP contribution is -2.42. The third-order valence-corrected chi connectivity index (χ3v) is 5.35. The summed E-state index contributed by atoms with van der Waals surface area (Å²) in [5.41, 5.74) is -0.362. The van der Waals surface area contributed by atoms with E-state index in [9.17, 15) is 5.11 Å². The first kappa shape index (κ1) is 12.7. The SMILES string of the molecule is CC1(C)CCN(CC2(O)CCCC2)CCS1. The van der Waals surface area contributed by atoms with Crippen molar-refractivity contribution >= 4 is 11.8 Å². The Hall–Kier alpha value is 0.270. The van der Waals surface area contributed by atoms with Crippen molar-refractivity contribution in [3.63, 3.8) is 0 Å². The average Bonchev–Trinajstić information content (AvgIpc) is 2.54. The molecule has 94 valence electrons. The molecule has 2 fully saturated rings. The maximum atomic E-state index is 10.4. The molecule has 1 saturated heterocycles. The average molecular weight is 243 g/mol. The van der Waals surface area contributed by atoms with Crippen molar-refractivity contribution in [2.24, 2.45) is 0 Å². The maximum absolute atomic E-state index is 10.4. The second-order valence-corrected chi connectivity index (χ2v) is 7.87. The van der Waals surface area contributed by atoms with E-state index in [1.165, 1.54) is 25.0 Å². The van der Waals surface area contributed by atoms with Gasteiger partial charge < -0.3 is 5.11 Å². The number of hydrogen-bond donors (Lipinski definition) is 1. The molecule has 0 atom stereocenters. The molecule has 0 radical (unpaired) electrons. The summed E-state index contributed by atoms with van der Waals surface area (Å²) in [6.45, 7) is 7.89. The first-order chi connectivity index (χ1) is 7.49. The van der Waals surface area contributed by atoms with Crippen molar-refractivity contribution in [3.8, 4) is 0 Å². The highest BCUT2D eigenvalue weighted by atomic mass is 32.2. The van der Waals surface area contributed by atoms with Crippen LogP contribution in [-0.2, 0) is 0 Å². The van der Waals surface area contributed by atoms with Gasteiger partial charge in [-0.3, -0.25) is 4.90 Å². The highest BCUT2D eigenvalue weighted by Gasteiger charge is 2.34. The van der Waals surface area contributed by atoms with Crippen LogP contribution in [0.1, 0.15) is 46.0 Å². The Labute approximate surface area is 104 Å². The highest BCUT2D eigenvalue weighted by molar-refractivity contribution is 8.00. The summed E-state index contributed by atoms with van der Waals surface area (Å²) >= 11 is 2.08. The van der Waals surface area contributed by atoms with Crippen LogP contribution in [0.3, 0.4) is 0 Å². The second-order valence-electron chi connectivity index (χ2n) is 6.07. The van der Waals surface area contributed by atoms with E-state index in [0.717, 1.165) is 32.5 Å². The van der Waals surface area contributed by atoms with Crippen LogP contribution >= 0.6 is 11.8 Å². The number of nitrogens with zero attached hydrogens (tertiary/aromatic N) is 1. The van der Waals surface area contributed by atoms with Gasteiger partial charge in [-0.05, 0) is 25.8 Å². The Morgan fingerprint density at radius 1 is 1.12 bits per heavy atom. The monoisotopic (exact) mass is 243 g/mol. The summed E-state index contributed by atoms with van der Waals surface area (Å²) in [5, 5.41) is 10.4. The molecule has 1 aliphatic carbocycles. The first-order valence-corrected chi connectivity index (χ1v) is 7.56. The topological polar surface area (TPSA) is 23.5 Å². The highest BCUT2D eigenvalue weighted by Crippen LogP contribution is 2.34. The van der Waals surface area contributed by atoms with Crippen LogP contribution < -0.4 is 0 Å². The molecule has 0 aromatic rings. The standard InChI is InChI=1S/C13H25NOS/c1-12(2)7-8-14(9-10-16-12)11-13(15)5-3-4-6-13/h15H,3-11H2,1-2H3. The first-order valence-electron chi connectivity index (χ1n) is 6.58. The molecule has 3 heteroatoms. The van der Waals surface area contributed by atoms with Crippen LogP contribution in [0.25, 0.3) is 0 Å². The molecule has 0 unspecified atom stereocenters. The van der Waals surface area contributed by atoms with Crippen LogP contribution in [0.5, 0.6) is 0 Å². The predicted molar refractivity (Wildman–Crippen MR) is 71.0 cm³/mol. The Balaban J connectivity index is 1.86. The van der Waals surface area contributed by atoms with Gasteiger partial charge in [-0.2, -0.15) is 11.8 Å². The molecular weight excluding hydrogens is 218 g/mol. The van der Waals surface area contributed by atoms with E-state index in [-0.39, 0.29) is 5.60 Å². The predicted octanol–water partition coefficient (Wildman–Crippen LogP) is 2.51. The molecule has 0 bridgehead atoms. The van der Waals surface area contributed by atoms with Gasteiger partial charge in [-0.1, -0.05) is 26.7 Å². The van der Waals surface area contributed by atoms with Gasteiger partial charge in [0.15, 0.2) is 0 Å². The van der Waals surface area contributed by atoms with Gasteiger partial charge in [0.25, 0.3) is 0 Å². The van der Waals surface area contributed by atoms with E-state index < -0.39 is 0 Å². The fourth-order valence-electron chi connectivity index (χ4n) is 2.83. The van der Waals surface area contributed by atoms with Gasteiger partial charge in [-0.25, -0.2) is 0 Å². The zero-order chi connectivity index (χ0) is 11.6. The molecule has 0 aromatic heterocycles. The second kappa shape index (κ2) is 4.87. The van der Waals surface area contributed by atoms with Crippen molar-refractivity contribution < 1.29 is 5.11 Å². The van der Waals surface area contributed by atoms with Crippen molar-refractivity contribution in [2.75, 3.05) is 25.4 Å². The van der Waals surface area contributed by atoms with E-state index >= 15 is 0 Å². The molecule has 0 amide bonds. The fraction of sp³-hybridized carbons (Fsp3) is 1.00. The van der Waals surface area contributed by atoms with E-state index in [4.69, 9.17) is 0 Å². The van der Waals surface area contributed by atoms with Gasteiger partial charge >= 0.3 is 0 Å². The molecule has 1 saturated carbocycles. The van der Waals surface area contributed by atoms with Gasteiger partial charge in [0.2, 0.25) is 0 Å². The van der Waals surface area contributed by atoms with Gasteiger partial charge in [0, 0.05) is 23.6 Å². The Morgan fingerprint density at radius 3 is 2.50 bits per heavy atom. The van der Waals surface area contributed by atoms with E-state index in [0.29, 0.717) is 4.75 Å². The summed E-state index contributed by atoms with van der Waals surface area (Å²) in [6.07, 6.45) is 5.70. The van der Waals surface area contributed by atoms with Gasteiger partial charge in [0.05, 0.1) is 5.60 Å². The Morgan fingerprint density at radius 2 is 1.81 bits per heavy atom. The maximum Gasteiger partial charge on any atom is 0.0774 e. The molecule has 2 nitrogen and oxygen atoms in total. The number of thioether (sulfide) groups is 1. The smallest absolute Gasteiger partial charge is 0.0774 e. The van der Waals surface area contributed by atoms with Crippen molar-refractivity contribution in [1.82, 2.24) is 4.90 Å². The minimum atomic E-state index is -0.362. The van der Waals surface area contributed by atoms with Crippen molar-refractivity contribution in [1.29, 1.82) is 0 Å². The lowest BCUT2D eigenvalue weighted by molar-refractivity contribution is 0.0108. The van der Waals surface area contributed by atoms with Gasteiger partial charge in [0.1, 0.15) is 0 Å². The molecule has 1 heterocycles. The largest absolute Gasteiger partial charge is 0.389 e. The van der Waals surface area contributed by atoms with Crippen LogP contribution in [-0.4, -0.2) is 45.7 Å². The Kier molecular flexibility index (Phi) is 3.87. The van der Waals surface area contributed by atoms with Crippen LogP contribution in [0, 0.1) is 0 Å². The van der Waals surface area contributed by atoms with E-state index in [2.05, 4.69) is 30.5 Å². The molecule has 1 N–H and O–H groups in total. The fourth-order valence-corrected chi connectivity index (χ4v) is 3.97. The molecule has 0 spiro atoms. The summed E-state index contributed by atoms with van der Waals surface area (Å²) in [4.78, 5) is 2.48. The summed E-state index contributed by atoms with van der Waals surface area (Å²) < 4.78 is 0.424. The molecule has 1 aliphatic heterocycles. The van der Waals surface area contributed by atoms with Crippen molar-refractivity contribution in [2.45, 2.75) is 56.3 Å². The minimum absolute atomic E-state index is 0.362. The number of aliphatic hydroxyl groups is 1. The third-order valence-electron chi connectivity index (χ3n) is 3.98. The van der Waals surface area contributed by atoms with E-state index in [1.54, 1.807) is 0 Å². The Bertz CT molecular complexity index is 236. The number of β-amino-alcohol motifs (C(OH)–C–C–N with tert-alkyl or cyclic N) is 1. The molecule has 2 rings (SSSR count). The molecule has 2 aliphatic rings. The van der Waals surface area contributed by atoms with E-state index in [1.807, 2.05) is 0 Å². The number of rotatable bonds is 2. The van der Waals surface area contributed by atoms with Crippen LogP contribution in [0.4, 0.5) is 0 Å². The van der Waals surface area contributed by atoms with Crippen molar-refractivity contribution in [3.05, 3.63) is 0 Å². The molecule has 0 aromatic carbocycles. The zero-order valence-corrected chi connectivity index (χ0v) is 11.5. The molecular formula is C13H25NOS. The lowest BCUT2D eigenvalue weighted by atomic mass is 10.0. The zero-order valence-electron chi connectivity index (χ0n) is 10.7. The quantitative estimate of drug-likeness (QED) is 0.806. The summed E-state index contributed by atoms with van der Waals surface area (Å²) in [6, 6.07) is 0. The van der Waals surface area contributed by atoms with Gasteiger partial charge in [-0.15, -0.1) is 0 Å². The summed E-state index contributed by atoms with van der Waals surface area (Å²) in [7, 11) is 0. The third kappa shape index (κ3) is 3.38. The van der Waals surface area contributed by atoms with Crippen LogP contribution in [0.15, 0.2) is 0 Å². The molecule has 16 heavy (non-hydrogen) atoms. The minimum Gasteiger partial charge on any atom is -0.389 e. The normalized spacial score (nSPS) is 30.2. The van der Waals surface area contributed by atoms with Crippen LogP contribution in [0.2, 0.25) is 0 Å². The number of hydrogen-bond acceptors (Lipinski definition) is 3.